The van der Waals surface area contributed by atoms with E-state index in [9.17, 15) is 9.90 Å². The quantitative estimate of drug-likeness (QED) is 0.652. The Morgan fingerprint density at radius 2 is 1.92 bits per heavy atom. The molecule has 25 heavy (non-hydrogen) atoms. The number of rotatable bonds is 9. The zero-order chi connectivity index (χ0) is 18.7. The first-order chi connectivity index (χ1) is 12.1. The number of likely N-dealkylation sites (tertiary alicyclic amines) is 1. The minimum absolute atomic E-state index is 0.00305. The van der Waals surface area contributed by atoms with Crippen LogP contribution in [0.5, 0.6) is 0 Å². The maximum absolute atomic E-state index is 12.5. The highest BCUT2D eigenvalue weighted by molar-refractivity contribution is 8.00. The lowest BCUT2D eigenvalue weighted by Crippen LogP contribution is -2.50. The standard InChI is InChI=1S/C18H27NO3S.C2H6/c1-2-3-7-10-18(22)16(23-12-11-20)13-17(21)19(18)14-15-8-5-4-6-9-15;1-2/h4-6,8-9,16,20,22H,2-3,7,10-14H2,1H3;1-2H3. The van der Waals surface area contributed by atoms with E-state index >= 15 is 0 Å². The van der Waals surface area contributed by atoms with Gasteiger partial charge in [-0.25, -0.2) is 0 Å². The number of hydrogen-bond acceptors (Lipinski definition) is 4. The van der Waals surface area contributed by atoms with Crippen molar-refractivity contribution in [1.29, 1.82) is 0 Å². The summed E-state index contributed by atoms with van der Waals surface area (Å²) in [6.45, 7) is 6.64. The maximum Gasteiger partial charge on any atom is 0.226 e. The summed E-state index contributed by atoms with van der Waals surface area (Å²) in [4.78, 5) is 14.1. The van der Waals surface area contributed by atoms with Crippen molar-refractivity contribution in [1.82, 2.24) is 4.90 Å². The molecule has 2 unspecified atom stereocenters. The SMILES string of the molecule is CC.CCCCCC1(O)C(SCCO)CC(=O)N1Cc1ccccc1. The summed E-state index contributed by atoms with van der Waals surface area (Å²) in [5.74, 6) is 0.552. The van der Waals surface area contributed by atoms with Gasteiger partial charge in [-0.1, -0.05) is 63.9 Å². The molecular weight excluding hydrogens is 334 g/mol. The first-order valence-corrected chi connectivity index (χ1v) is 10.5. The zero-order valence-electron chi connectivity index (χ0n) is 15.8. The number of benzene rings is 1. The molecule has 0 saturated carbocycles. The van der Waals surface area contributed by atoms with Crippen molar-refractivity contribution in [3.8, 4) is 0 Å². The number of amides is 1. The smallest absolute Gasteiger partial charge is 0.226 e. The number of nitrogens with zero attached hydrogens (tertiary/aromatic N) is 1. The Morgan fingerprint density at radius 1 is 1.24 bits per heavy atom. The van der Waals surface area contributed by atoms with Crippen molar-refractivity contribution in [3.63, 3.8) is 0 Å². The van der Waals surface area contributed by atoms with E-state index in [-0.39, 0.29) is 17.8 Å². The van der Waals surface area contributed by atoms with Crippen LogP contribution in [0.3, 0.4) is 0 Å². The molecule has 2 rings (SSSR count). The molecule has 0 aromatic heterocycles. The van der Waals surface area contributed by atoms with Gasteiger partial charge in [0, 0.05) is 18.7 Å². The molecule has 1 aromatic carbocycles. The fourth-order valence-electron chi connectivity index (χ4n) is 3.13. The van der Waals surface area contributed by atoms with E-state index in [1.165, 1.54) is 11.8 Å². The summed E-state index contributed by atoms with van der Waals surface area (Å²) >= 11 is 1.50. The Bertz CT molecular complexity index is 497. The van der Waals surface area contributed by atoms with Gasteiger partial charge in [-0.05, 0) is 18.4 Å². The molecule has 0 radical (unpaired) electrons. The molecule has 1 aromatic rings. The summed E-state index contributed by atoms with van der Waals surface area (Å²) in [5, 5.41) is 20.2. The van der Waals surface area contributed by atoms with E-state index < -0.39 is 5.72 Å². The summed E-state index contributed by atoms with van der Waals surface area (Å²) in [5.41, 5.74) is -0.0790. The van der Waals surface area contributed by atoms with Crippen LogP contribution in [-0.2, 0) is 11.3 Å². The maximum atomic E-state index is 12.5. The Labute approximate surface area is 156 Å². The van der Waals surface area contributed by atoms with Gasteiger partial charge in [0.2, 0.25) is 5.91 Å². The third-order valence-electron chi connectivity index (χ3n) is 4.39. The fourth-order valence-corrected chi connectivity index (χ4v) is 4.29. The Kier molecular flexibility index (Phi) is 10.2. The Morgan fingerprint density at radius 3 is 2.52 bits per heavy atom. The normalized spacial score (nSPS) is 22.7. The van der Waals surface area contributed by atoms with Gasteiger partial charge in [0.15, 0.2) is 5.72 Å². The van der Waals surface area contributed by atoms with Crippen LogP contribution in [0.4, 0.5) is 0 Å². The van der Waals surface area contributed by atoms with Crippen molar-refractivity contribution >= 4 is 17.7 Å². The molecule has 0 aliphatic carbocycles. The minimum atomic E-state index is -1.11. The first-order valence-electron chi connectivity index (χ1n) is 9.41. The van der Waals surface area contributed by atoms with Crippen LogP contribution in [0.1, 0.15) is 58.4 Å². The average Bonchev–Trinajstić information content (AvgIpc) is 2.87. The van der Waals surface area contributed by atoms with Crippen LogP contribution < -0.4 is 0 Å². The Balaban J connectivity index is 0.00000151. The second kappa shape index (κ2) is 11.6. The number of thioether (sulfide) groups is 1. The monoisotopic (exact) mass is 367 g/mol. The van der Waals surface area contributed by atoms with Gasteiger partial charge in [-0.3, -0.25) is 4.79 Å². The van der Waals surface area contributed by atoms with Crippen molar-refractivity contribution in [2.45, 2.75) is 70.4 Å². The van der Waals surface area contributed by atoms with E-state index in [1.54, 1.807) is 4.90 Å². The summed E-state index contributed by atoms with van der Waals surface area (Å²) < 4.78 is 0. The predicted octanol–water partition coefficient (Wildman–Crippen LogP) is 3.81. The van der Waals surface area contributed by atoms with Gasteiger partial charge in [0.1, 0.15) is 0 Å². The van der Waals surface area contributed by atoms with Crippen LogP contribution in [0, 0.1) is 0 Å². The second-order valence-electron chi connectivity index (χ2n) is 6.09. The van der Waals surface area contributed by atoms with E-state index in [1.807, 2.05) is 44.2 Å². The van der Waals surface area contributed by atoms with E-state index in [0.29, 0.717) is 25.1 Å². The van der Waals surface area contributed by atoms with Gasteiger partial charge >= 0.3 is 0 Å². The molecule has 4 nitrogen and oxygen atoms in total. The molecule has 1 amide bonds. The highest BCUT2D eigenvalue weighted by atomic mass is 32.2. The summed E-state index contributed by atoms with van der Waals surface area (Å²) in [6, 6.07) is 9.80. The lowest BCUT2D eigenvalue weighted by molar-refractivity contribution is -0.147. The highest BCUT2D eigenvalue weighted by Gasteiger charge is 2.51. The molecule has 1 heterocycles. The average molecular weight is 368 g/mol. The molecule has 5 heteroatoms. The summed E-state index contributed by atoms with van der Waals surface area (Å²) in [7, 11) is 0. The van der Waals surface area contributed by atoms with E-state index in [4.69, 9.17) is 5.11 Å². The van der Waals surface area contributed by atoms with Gasteiger partial charge in [-0.2, -0.15) is 11.8 Å². The minimum Gasteiger partial charge on any atom is -0.396 e. The molecule has 1 saturated heterocycles. The number of hydrogen-bond donors (Lipinski definition) is 2. The summed E-state index contributed by atoms with van der Waals surface area (Å²) in [6.07, 6.45) is 3.98. The third-order valence-corrected chi connectivity index (χ3v) is 5.75. The van der Waals surface area contributed by atoms with Crippen molar-refractivity contribution in [3.05, 3.63) is 35.9 Å². The molecule has 2 atom stereocenters. The predicted molar refractivity (Wildman–Crippen MR) is 105 cm³/mol. The van der Waals surface area contributed by atoms with Crippen LogP contribution in [0.25, 0.3) is 0 Å². The highest BCUT2D eigenvalue weighted by Crippen LogP contribution is 2.41. The van der Waals surface area contributed by atoms with E-state index in [0.717, 1.165) is 24.8 Å². The van der Waals surface area contributed by atoms with Gasteiger partial charge in [-0.15, -0.1) is 0 Å². The van der Waals surface area contributed by atoms with Crippen LogP contribution in [0.2, 0.25) is 0 Å². The topological polar surface area (TPSA) is 60.8 Å². The molecular formula is C20H33NO3S. The van der Waals surface area contributed by atoms with Gasteiger partial charge < -0.3 is 15.1 Å². The Hall–Kier alpha value is -1.04. The number of unbranched alkanes of at least 4 members (excludes halogenated alkanes) is 2. The van der Waals surface area contributed by atoms with Crippen molar-refractivity contribution in [2.75, 3.05) is 12.4 Å². The van der Waals surface area contributed by atoms with Crippen LogP contribution in [0.15, 0.2) is 30.3 Å². The number of carbonyl (C=O) groups excluding carboxylic acids is 1. The lowest BCUT2D eigenvalue weighted by Gasteiger charge is -2.37. The number of carbonyl (C=O) groups is 1. The largest absolute Gasteiger partial charge is 0.396 e. The van der Waals surface area contributed by atoms with Crippen LogP contribution in [-0.4, -0.2) is 44.4 Å². The van der Waals surface area contributed by atoms with Crippen molar-refractivity contribution in [2.24, 2.45) is 0 Å². The lowest BCUT2D eigenvalue weighted by atomic mass is 10.0. The number of aliphatic hydroxyl groups excluding tert-OH is 1. The zero-order valence-corrected chi connectivity index (χ0v) is 16.6. The van der Waals surface area contributed by atoms with E-state index in [2.05, 4.69) is 6.92 Å². The van der Waals surface area contributed by atoms with Crippen LogP contribution >= 0.6 is 11.8 Å². The first kappa shape index (κ1) is 22.0. The second-order valence-corrected chi connectivity index (χ2v) is 7.40. The molecule has 2 N–H and O–H groups in total. The van der Waals surface area contributed by atoms with Crippen molar-refractivity contribution < 1.29 is 15.0 Å². The molecule has 1 aliphatic heterocycles. The molecule has 142 valence electrons. The van der Waals surface area contributed by atoms with Gasteiger partial charge in [0.25, 0.3) is 0 Å². The number of aliphatic hydroxyl groups is 2. The molecule has 1 fully saturated rings. The molecule has 0 bridgehead atoms. The molecule has 1 aliphatic rings. The fraction of sp³-hybridized carbons (Fsp3) is 0.650. The van der Waals surface area contributed by atoms with Gasteiger partial charge in [0.05, 0.1) is 11.9 Å². The molecule has 0 spiro atoms. The third kappa shape index (κ3) is 6.01.